The van der Waals surface area contributed by atoms with E-state index < -0.39 is 0 Å². The third-order valence-electron chi connectivity index (χ3n) is 4.48. The van der Waals surface area contributed by atoms with Gasteiger partial charge in [0.25, 0.3) is 5.91 Å². The lowest BCUT2D eigenvalue weighted by molar-refractivity contribution is 0.102. The normalized spacial score (nSPS) is 12.6. The van der Waals surface area contributed by atoms with Crippen LogP contribution in [0.3, 0.4) is 0 Å². The number of nitrogens with one attached hydrogen (secondary N) is 2. The van der Waals surface area contributed by atoms with Crippen molar-refractivity contribution in [3.63, 3.8) is 0 Å². The minimum Gasteiger partial charge on any atom is -0.378 e. The van der Waals surface area contributed by atoms with Crippen LogP contribution < -0.4 is 20.4 Å². The maximum absolute atomic E-state index is 12.5. The summed E-state index contributed by atoms with van der Waals surface area (Å²) in [5.74, 6) is 0.933. The van der Waals surface area contributed by atoms with Gasteiger partial charge in [-0.3, -0.25) is 4.79 Å². The third-order valence-corrected chi connectivity index (χ3v) is 4.48. The second kappa shape index (κ2) is 6.60. The van der Waals surface area contributed by atoms with Gasteiger partial charge in [0.2, 0.25) is 5.95 Å². The number of carbonyl (C=O) groups is 1. The summed E-state index contributed by atoms with van der Waals surface area (Å²) in [6.45, 7) is 0. The Kier molecular flexibility index (Phi) is 4.12. The van der Waals surface area contributed by atoms with Crippen LogP contribution in [-0.4, -0.2) is 37.0 Å². The predicted octanol–water partition coefficient (Wildman–Crippen LogP) is 3.62. The molecule has 7 heteroatoms. The average molecular weight is 360 g/mol. The molecule has 0 aliphatic carbocycles. The highest BCUT2D eigenvalue weighted by atomic mass is 16.1. The van der Waals surface area contributed by atoms with Crippen molar-refractivity contribution in [2.45, 2.75) is 0 Å². The van der Waals surface area contributed by atoms with E-state index in [9.17, 15) is 4.79 Å². The van der Waals surface area contributed by atoms with E-state index >= 15 is 0 Å². The third kappa shape index (κ3) is 3.15. The molecule has 1 amide bonds. The number of benzene rings is 2. The fraction of sp³-hybridized carbons (Fsp3) is 0.150. The highest BCUT2D eigenvalue weighted by Crippen LogP contribution is 2.35. The minimum absolute atomic E-state index is 0.167. The van der Waals surface area contributed by atoms with E-state index in [-0.39, 0.29) is 5.91 Å². The van der Waals surface area contributed by atoms with E-state index in [0.717, 1.165) is 17.1 Å². The molecule has 136 valence electrons. The molecule has 2 heterocycles. The van der Waals surface area contributed by atoms with Gasteiger partial charge in [-0.15, -0.1) is 0 Å². The zero-order chi connectivity index (χ0) is 19.0. The summed E-state index contributed by atoms with van der Waals surface area (Å²) in [6.07, 6.45) is 1.62. The zero-order valence-electron chi connectivity index (χ0n) is 15.4. The second-order valence-electron chi connectivity index (χ2n) is 6.53. The SMILES string of the molecule is CN(C)c1ccc(Nc2ncc3c(n2)N(C)c2ccccc2C(=O)N3)cc1. The Hall–Kier alpha value is -3.61. The van der Waals surface area contributed by atoms with Crippen LogP contribution >= 0.6 is 0 Å². The van der Waals surface area contributed by atoms with Gasteiger partial charge in [0.1, 0.15) is 5.69 Å². The maximum Gasteiger partial charge on any atom is 0.257 e. The van der Waals surface area contributed by atoms with Crippen molar-refractivity contribution in [3.05, 3.63) is 60.3 Å². The number of fused-ring (bicyclic) bond motifs is 2. The Balaban J connectivity index is 1.67. The van der Waals surface area contributed by atoms with E-state index in [1.165, 1.54) is 0 Å². The first-order valence-corrected chi connectivity index (χ1v) is 8.58. The molecule has 1 aromatic heterocycles. The number of carbonyl (C=O) groups excluding carboxylic acids is 1. The van der Waals surface area contributed by atoms with Crippen LogP contribution in [0.2, 0.25) is 0 Å². The van der Waals surface area contributed by atoms with Gasteiger partial charge in [-0.1, -0.05) is 12.1 Å². The first-order valence-electron chi connectivity index (χ1n) is 8.58. The number of rotatable bonds is 3. The van der Waals surface area contributed by atoms with Crippen molar-refractivity contribution < 1.29 is 4.79 Å². The van der Waals surface area contributed by atoms with Crippen molar-refractivity contribution in [1.82, 2.24) is 9.97 Å². The Morgan fingerprint density at radius 1 is 1.07 bits per heavy atom. The molecule has 0 atom stereocenters. The Labute approximate surface area is 157 Å². The number of aromatic nitrogens is 2. The number of para-hydroxylation sites is 1. The standard InChI is InChI=1S/C20H20N6O/c1-25(2)14-10-8-13(9-11-14)22-20-21-12-16-18(24-20)26(3)17-7-5-4-6-15(17)19(27)23-16/h4-12H,1-3H3,(H,23,27)(H,21,22,24). The van der Waals surface area contributed by atoms with E-state index in [0.29, 0.717) is 23.0 Å². The molecule has 0 unspecified atom stereocenters. The van der Waals surface area contributed by atoms with Crippen molar-refractivity contribution in [2.75, 3.05) is 41.6 Å². The molecule has 0 bridgehead atoms. The summed E-state index contributed by atoms with van der Waals surface area (Å²) >= 11 is 0. The fourth-order valence-corrected chi connectivity index (χ4v) is 3.01. The number of nitrogens with zero attached hydrogens (tertiary/aromatic N) is 4. The largest absolute Gasteiger partial charge is 0.378 e. The Morgan fingerprint density at radius 3 is 2.56 bits per heavy atom. The summed E-state index contributed by atoms with van der Waals surface area (Å²) in [4.78, 5) is 25.4. The minimum atomic E-state index is -0.167. The van der Waals surface area contributed by atoms with Gasteiger partial charge in [0.15, 0.2) is 5.82 Å². The molecule has 7 nitrogen and oxygen atoms in total. The summed E-state index contributed by atoms with van der Waals surface area (Å²) in [5, 5.41) is 6.10. The quantitative estimate of drug-likeness (QED) is 0.743. The van der Waals surface area contributed by atoms with Crippen LogP contribution in [0.25, 0.3) is 0 Å². The zero-order valence-corrected chi connectivity index (χ0v) is 15.4. The van der Waals surface area contributed by atoms with Crippen LogP contribution in [0.15, 0.2) is 54.7 Å². The molecule has 27 heavy (non-hydrogen) atoms. The summed E-state index contributed by atoms with van der Waals surface area (Å²) in [7, 11) is 5.89. The molecule has 0 fully saturated rings. The number of amides is 1. The molecular weight excluding hydrogens is 340 g/mol. The monoisotopic (exact) mass is 360 g/mol. The van der Waals surface area contributed by atoms with Crippen molar-refractivity contribution >= 4 is 40.4 Å². The van der Waals surface area contributed by atoms with Crippen LogP contribution in [0.1, 0.15) is 10.4 Å². The molecule has 0 saturated heterocycles. The van der Waals surface area contributed by atoms with Crippen molar-refractivity contribution in [1.29, 1.82) is 0 Å². The number of hydrogen-bond acceptors (Lipinski definition) is 6. The summed E-state index contributed by atoms with van der Waals surface area (Å²) < 4.78 is 0. The van der Waals surface area contributed by atoms with E-state index in [4.69, 9.17) is 0 Å². The van der Waals surface area contributed by atoms with Gasteiger partial charge in [0, 0.05) is 32.5 Å². The molecule has 0 spiro atoms. The van der Waals surface area contributed by atoms with E-state index in [2.05, 4.69) is 20.6 Å². The molecular formula is C20H20N6O. The van der Waals surface area contributed by atoms with Gasteiger partial charge in [-0.25, -0.2) is 4.98 Å². The van der Waals surface area contributed by atoms with E-state index in [1.807, 2.05) is 73.4 Å². The van der Waals surface area contributed by atoms with Gasteiger partial charge in [-0.05, 0) is 36.4 Å². The first kappa shape index (κ1) is 16.8. The van der Waals surface area contributed by atoms with Crippen LogP contribution in [0.4, 0.5) is 34.5 Å². The fourth-order valence-electron chi connectivity index (χ4n) is 3.01. The highest BCUT2D eigenvalue weighted by molar-refractivity contribution is 6.11. The van der Waals surface area contributed by atoms with Crippen molar-refractivity contribution in [3.8, 4) is 0 Å². The van der Waals surface area contributed by atoms with Gasteiger partial charge < -0.3 is 20.4 Å². The maximum atomic E-state index is 12.5. The second-order valence-corrected chi connectivity index (χ2v) is 6.53. The molecule has 0 saturated carbocycles. The van der Waals surface area contributed by atoms with Gasteiger partial charge in [0.05, 0.1) is 17.4 Å². The lowest BCUT2D eigenvalue weighted by Crippen LogP contribution is -2.13. The van der Waals surface area contributed by atoms with Crippen molar-refractivity contribution in [2.24, 2.45) is 0 Å². The summed E-state index contributed by atoms with van der Waals surface area (Å²) in [6, 6.07) is 15.4. The van der Waals surface area contributed by atoms with Crippen LogP contribution in [0.5, 0.6) is 0 Å². The number of hydrogen-bond donors (Lipinski definition) is 2. The molecule has 4 rings (SSSR count). The molecule has 0 radical (unpaired) electrons. The Bertz CT molecular complexity index is 1000. The first-order chi connectivity index (χ1) is 13.0. The average Bonchev–Trinajstić information content (AvgIpc) is 2.78. The molecule has 3 aromatic rings. The smallest absolute Gasteiger partial charge is 0.257 e. The molecule has 1 aliphatic rings. The topological polar surface area (TPSA) is 73.4 Å². The molecule has 1 aliphatic heterocycles. The predicted molar refractivity (Wildman–Crippen MR) is 109 cm³/mol. The van der Waals surface area contributed by atoms with Gasteiger partial charge >= 0.3 is 0 Å². The van der Waals surface area contributed by atoms with Crippen LogP contribution in [0, 0.1) is 0 Å². The lowest BCUT2D eigenvalue weighted by atomic mass is 10.1. The summed E-state index contributed by atoms with van der Waals surface area (Å²) in [5.41, 5.74) is 3.98. The van der Waals surface area contributed by atoms with E-state index in [1.54, 1.807) is 12.3 Å². The molecule has 2 aromatic carbocycles. The Morgan fingerprint density at radius 2 is 1.81 bits per heavy atom. The lowest BCUT2D eigenvalue weighted by Gasteiger charge is -2.20. The highest BCUT2D eigenvalue weighted by Gasteiger charge is 2.24. The molecule has 2 N–H and O–H groups in total. The van der Waals surface area contributed by atoms with Gasteiger partial charge in [-0.2, -0.15) is 4.98 Å². The van der Waals surface area contributed by atoms with Crippen LogP contribution in [-0.2, 0) is 0 Å². The number of anilines is 6.